The van der Waals surface area contributed by atoms with Crippen LogP contribution in [0.4, 0.5) is 0 Å². The molecule has 0 radical (unpaired) electrons. The van der Waals surface area contributed by atoms with Crippen LogP contribution in [0, 0.1) is 0 Å². The SMILES string of the molecule is CC(O)C(N)C(=O)NC(CCC(N)=O)C(=O)NC(C(=O)NC(CC(=O)O)C(=O)O)C(C)O. The number of nitrogens with one attached hydrogen (secondary N) is 3. The lowest BCUT2D eigenvalue weighted by Crippen LogP contribution is -2.60. The molecule has 32 heavy (non-hydrogen) atoms. The monoisotopic (exact) mass is 463 g/mol. The first-order valence-electron chi connectivity index (χ1n) is 9.43. The Kier molecular flexibility index (Phi) is 11.8. The smallest absolute Gasteiger partial charge is 0.326 e. The van der Waals surface area contributed by atoms with Crippen molar-refractivity contribution in [2.24, 2.45) is 11.5 Å². The molecule has 15 nitrogen and oxygen atoms in total. The molecule has 0 spiro atoms. The second-order valence-corrected chi connectivity index (χ2v) is 7.06. The molecule has 0 heterocycles. The van der Waals surface area contributed by atoms with Gasteiger partial charge >= 0.3 is 11.9 Å². The molecule has 0 saturated carbocycles. The number of carboxylic acid groups (broad SMARTS) is 2. The van der Waals surface area contributed by atoms with Gasteiger partial charge in [0.25, 0.3) is 0 Å². The van der Waals surface area contributed by atoms with Crippen molar-refractivity contribution >= 4 is 35.6 Å². The number of aliphatic hydroxyl groups is 2. The highest BCUT2D eigenvalue weighted by molar-refractivity contribution is 5.95. The molecule has 15 heteroatoms. The Bertz CT molecular complexity index is 727. The highest BCUT2D eigenvalue weighted by Crippen LogP contribution is 2.04. The molecule has 0 aromatic rings. The van der Waals surface area contributed by atoms with E-state index >= 15 is 0 Å². The molecule has 0 aliphatic carbocycles. The van der Waals surface area contributed by atoms with Crippen LogP contribution in [0.1, 0.15) is 33.1 Å². The van der Waals surface area contributed by atoms with Crippen molar-refractivity contribution in [2.45, 2.75) is 69.5 Å². The molecule has 0 aliphatic heterocycles. The summed E-state index contributed by atoms with van der Waals surface area (Å²) in [4.78, 5) is 70.0. The molecule has 11 N–H and O–H groups in total. The number of rotatable bonds is 14. The largest absolute Gasteiger partial charge is 0.481 e. The molecule has 0 fully saturated rings. The minimum absolute atomic E-state index is 0.315. The van der Waals surface area contributed by atoms with Crippen LogP contribution >= 0.6 is 0 Å². The number of aliphatic hydroxyl groups excluding tert-OH is 2. The average Bonchev–Trinajstić information content (AvgIpc) is 2.66. The maximum absolute atomic E-state index is 12.6. The van der Waals surface area contributed by atoms with E-state index in [0.717, 1.165) is 6.92 Å². The van der Waals surface area contributed by atoms with Gasteiger partial charge in [-0.3, -0.25) is 24.0 Å². The van der Waals surface area contributed by atoms with E-state index < -0.39 is 78.4 Å². The second kappa shape index (κ2) is 13.2. The lowest BCUT2D eigenvalue weighted by molar-refractivity contribution is -0.148. The third-order valence-corrected chi connectivity index (χ3v) is 4.19. The van der Waals surface area contributed by atoms with Gasteiger partial charge in [0, 0.05) is 6.42 Å². The van der Waals surface area contributed by atoms with Gasteiger partial charge < -0.3 is 47.8 Å². The van der Waals surface area contributed by atoms with Crippen molar-refractivity contribution in [3.05, 3.63) is 0 Å². The molecule has 4 amide bonds. The minimum Gasteiger partial charge on any atom is -0.481 e. The van der Waals surface area contributed by atoms with Crippen molar-refractivity contribution in [2.75, 3.05) is 0 Å². The zero-order chi connectivity index (χ0) is 25.2. The fourth-order valence-electron chi connectivity index (χ4n) is 2.34. The fourth-order valence-corrected chi connectivity index (χ4v) is 2.34. The quantitative estimate of drug-likeness (QED) is 0.118. The zero-order valence-electron chi connectivity index (χ0n) is 17.5. The summed E-state index contributed by atoms with van der Waals surface area (Å²) in [6, 6.07) is -6.45. The van der Waals surface area contributed by atoms with Gasteiger partial charge in [0.15, 0.2) is 0 Å². The Balaban J connectivity index is 5.51. The normalized spacial score (nSPS) is 16.4. The number of carbonyl (C=O) groups is 6. The van der Waals surface area contributed by atoms with Gasteiger partial charge in [-0.1, -0.05) is 0 Å². The predicted molar refractivity (Wildman–Crippen MR) is 105 cm³/mol. The van der Waals surface area contributed by atoms with Crippen LogP contribution in [-0.4, -0.2) is 92.4 Å². The fraction of sp³-hybridized carbons (Fsp3) is 0.647. The zero-order valence-corrected chi connectivity index (χ0v) is 17.5. The summed E-state index contributed by atoms with van der Waals surface area (Å²) in [5.41, 5.74) is 10.5. The van der Waals surface area contributed by atoms with Crippen molar-refractivity contribution < 1.29 is 49.2 Å². The number of nitrogens with two attached hydrogens (primary N) is 2. The Hall–Kier alpha value is -3.30. The van der Waals surface area contributed by atoms with E-state index in [2.05, 4.69) is 10.6 Å². The number of amides is 4. The minimum atomic E-state index is -1.84. The summed E-state index contributed by atoms with van der Waals surface area (Å²) in [5, 5.41) is 43.2. The van der Waals surface area contributed by atoms with Crippen LogP contribution in [0.2, 0.25) is 0 Å². The number of primary amides is 1. The number of hydrogen-bond donors (Lipinski definition) is 9. The van der Waals surface area contributed by atoms with Crippen LogP contribution in [0.3, 0.4) is 0 Å². The Labute approximate surface area is 182 Å². The molecule has 6 atom stereocenters. The van der Waals surface area contributed by atoms with Gasteiger partial charge in [-0.15, -0.1) is 0 Å². The van der Waals surface area contributed by atoms with Crippen molar-refractivity contribution in [1.29, 1.82) is 0 Å². The van der Waals surface area contributed by atoms with E-state index in [9.17, 15) is 39.0 Å². The lowest BCUT2D eigenvalue weighted by Gasteiger charge is -2.26. The second-order valence-electron chi connectivity index (χ2n) is 7.06. The predicted octanol–water partition coefficient (Wildman–Crippen LogP) is -4.65. The third kappa shape index (κ3) is 10.1. The molecule has 0 rings (SSSR count). The van der Waals surface area contributed by atoms with Gasteiger partial charge in [0.1, 0.15) is 24.2 Å². The molecule has 6 unspecified atom stereocenters. The molecule has 182 valence electrons. The van der Waals surface area contributed by atoms with Gasteiger partial charge in [0.05, 0.1) is 18.6 Å². The van der Waals surface area contributed by atoms with Crippen molar-refractivity contribution in [1.82, 2.24) is 16.0 Å². The van der Waals surface area contributed by atoms with Crippen LogP contribution in [0.15, 0.2) is 0 Å². The maximum Gasteiger partial charge on any atom is 0.326 e. The Morgan fingerprint density at radius 1 is 0.812 bits per heavy atom. The summed E-state index contributed by atoms with van der Waals surface area (Å²) in [5.74, 6) is -7.19. The topological polar surface area (TPSA) is 271 Å². The highest BCUT2D eigenvalue weighted by Gasteiger charge is 2.33. The number of carboxylic acids is 2. The summed E-state index contributed by atoms with van der Waals surface area (Å²) >= 11 is 0. The maximum atomic E-state index is 12.6. The van der Waals surface area contributed by atoms with Crippen molar-refractivity contribution in [3.8, 4) is 0 Å². The van der Waals surface area contributed by atoms with Gasteiger partial charge in [-0.2, -0.15) is 0 Å². The molecule has 0 aliphatic rings. The van der Waals surface area contributed by atoms with E-state index in [0.29, 0.717) is 0 Å². The first kappa shape index (κ1) is 28.7. The number of hydrogen-bond acceptors (Lipinski definition) is 9. The van der Waals surface area contributed by atoms with Crippen molar-refractivity contribution in [3.63, 3.8) is 0 Å². The summed E-state index contributed by atoms with van der Waals surface area (Å²) in [6.45, 7) is 2.32. The number of carbonyl (C=O) groups excluding carboxylic acids is 4. The van der Waals surface area contributed by atoms with E-state index in [4.69, 9.17) is 21.7 Å². The lowest BCUT2D eigenvalue weighted by atomic mass is 10.1. The first-order valence-corrected chi connectivity index (χ1v) is 9.43. The standard InChI is InChI=1S/C17H29N5O10/c1-6(23)12(19)15(29)20-8(3-4-10(18)25)14(28)22-13(7(2)24)16(30)21-9(17(31)32)5-11(26)27/h6-9,12-13,23-24H,3-5,19H2,1-2H3,(H2,18,25)(H,20,29)(H,21,30)(H,22,28)(H,26,27)(H,31,32). The molecule has 0 aromatic heterocycles. The molecule has 0 bridgehead atoms. The van der Waals surface area contributed by atoms with E-state index in [1.807, 2.05) is 5.32 Å². The van der Waals surface area contributed by atoms with Crippen LogP contribution in [-0.2, 0) is 28.8 Å². The number of aliphatic carboxylic acids is 2. The van der Waals surface area contributed by atoms with Gasteiger partial charge in [-0.25, -0.2) is 4.79 Å². The molecule has 0 saturated heterocycles. The van der Waals surface area contributed by atoms with Crippen LogP contribution < -0.4 is 27.4 Å². The van der Waals surface area contributed by atoms with Gasteiger partial charge in [-0.05, 0) is 20.3 Å². The summed E-state index contributed by atoms with van der Waals surface area (Å²) in [7, 11) is 0. The highest BCUT2D eigenvalue weighted by atomic mass is 16.4. The molecular weight excluding hydrogens is 434 g/mol. The van der Waals surface area contributed by atoms with E-state index in [-0.39, 0.29) is 12.8 Å². The summed E-state index contributed by atoms with van der Waals surface area (Å²) < 4.78 is 0. The van der Waals surface area contributed by atoms with Crippen LogP contribution in [0.5, 0.6) is 0 Å². The third-order valence-electron chi connectivity index (χ3n) is 4.19. The Morgan fingerprint density at radius 2 is 1.34 bits per heavy atom. The van der Waals surface area contributed by atoms with E-state index in [1.54, 1.807) is 0 Å². The average molecular weight is 463 g/mol. The Morgan fingerprint density at radius 3 is 1.75 bits per heavy atom. The van der Waals surface area contributed by atoms with Crippen LogP contribution in [0.25, 0.3) is 0 Å². The van der Waals surface area contributed by atoms with Gasteiger partial charge in [0.2, 0.25) is 23.6 Å². The molecule has 0 aromatic carbocycles. The summed E-state index contributed by atoms with van der Waals surface area (Å²) in [6.07, 6.45) is -4.47. The van der Waals surface area contributed by atoms with E-state index in [1.165, 1.54) is 6.92 Å². The first-order chi connectivity index (χ1) is 14.7. The molecular formula is C17H29N5O10.